The van der Waals surface area contributed by atoms with Gasteiger partial charge < -0.3 is 10.5 Å². The van der Waals surface area contributed by atoms with Gasteiger partial charge >= 0.3 is 0 Å². The van der Waals surface area contributed by atoms with Gasteiger partial charge in [0.05, 0.1) is 11.0 Å². The highest BCUT2D eigenvalue weighted by atomic mass is 79.9. The Morgan fingerprint density at radius 3 is 2.85 bits per heavy atom. The topological polar surface area (TPSA) is 81.4 Å². The normalized spacial score (nSPS) is 19.4. The molecule has 5 nitrogen and oxygen atoms in total. The molecule has 0 aromatic heterocycles. The largest absolute Gasteiger partial charge is 0.377 e. The van der Waals surface area contributed by atoms with Crippen LogP contribution in [0.2, 0.25) is 0 Å². The van der Waals surface area contributed by atoms with Gasteiger partial charge in [-0.2, -0.15) is 0 Å². The molecular weight excluding hydrogens is 344 g/mol. The highest BCUT2D eigenvalue weighted by Gasteiger charge is 2.23. The van der Waals surface area contributed by atoms with Crippen LogP contribution in [0, 0.1) is 6.92 Å². The summed E-state index contributed by atoms with van der Waals surface area (Å²) < 4.78 is 33.4. The molecule has 7 heteroatoms. The Bertz CT molecular complexity index is 584. The molecule has 0 saturated carbocycles. The first-order valence-electron chi connectivity index (χ1n) is 6.54. The molecule has 0 radical (unpaired) electrons. The number of hydrogen-bond donors (Lipinski definition) is 2. The fourth-order valence-electron chi connectivity index (χ4n) is 2.21. The van der Waals surface area contributed by atoms with Gasteiger partial charge in [-0.25, -0.2) is 13.1 Å². The minimum Gasteiger partial charge on any atom is -0.377 e. The number of aryl methyl sites for hydroxylation is 1. The van der Waals surface area contributed by atoms with Gasteiger partial charge in [0.2, 0.25) is 10.0 Å². The molecule has 1 unspecified atom stereocenters. The summed E-state index contributed by atoms with van der Waals surface area (Å²) in [7, 11) is -3.57. The summed E-state index contributed by atoms with van der Waals surface area (Å²) in [4.78, 5) is 0.232. The van der Waals surface area contributed by atoms with Crippen molar-refractivity contribution < 1.29 is 13.2 Å². The van der Waals surface area contributed by atoms with Gasteiger partial charge in [0.25, 0.3) is 0 Å². The number of nitrogens with one attached hydrogen (secondary N) is 1. The van der Waals surface area contributed by atoms with Crippen LogP contribution in [0.3, 0.4) is 0 Å². The van der Waals surface area contributed by atoms with Crippen molar-refractivity contribution >= 4 is 26.0 Å². The Kier molecular flexibility index (Phi) is 5.19. The Morgan fingerprint density at radius 2 is 2.25 bits per heavy atom. The first-order chi connectivity index (χ1) is 9.44. The molecule has 0 spiro atoms. The maximum atomic E-state index is 12.4. The zero-order valence-electron chi connectivity index (χ0n) is 11.4. The third-order valence-corrected chi connectivity index (χ3v) is 6.09. The van der Waals surface area contributed by atoms with Crippen molar-refractivity contribution in [2.75, 3.05) is 13.2 Å². The van der Waals surface area contributed by atoms with E-state index in [1.54, 1.807) is 6.07 Å². The Hall–Kier alpha value is -0.470. The lowest BCUT2D eigenvalue weighted by Crippen LogP contribution is -2.32. The monoisotopic (exact) mass is 362 g/mol. The number of ether oxygens (including phenoxy) is 1. The van der Waals surface area contributed by atoms with Gasteiger partial charge in [-0.15, -0.1) is 0 Å². The summed E-state index contributed by atoms with van der Waals surface area (Å²) in [5.41, 5.74) is 7.25. The van der Waals surface area contributed by atoms with Crippen molar-refractivity contribution in [1.82, 2.24) is 4.72 Å². The van der Waals surface area contributed by atoms with E-state index >= 15 is 0 Å². The van der Waals surface area contributed by atoms with E-state index in [1.807, 2.05) is 13.0 Å². The van der Waals surface area contributed by atoms with Crippen LogP contribution in [-0.4, -0.2) is 27.7 Å². The van der Waals surface area contributed by atoms with Gasteiger partial charge in [0.15, 0.2) is 0 Å². The first kappa shape index (κ1) is 15.9. The van der Waals surface area contributed by atoms with E-state index in [0.717, 1.165) is 24.0 Å². The molecule has 1 aromatic carbocycles. The van der Waals surface area contributed by atoms with Crippen LogP contribution in [0.15, 0.2) is 21.5 Å². The van der Waals surface area contributed by atoms with Gasteiger partial charge in [0.1, 0.15) is 0 Å². The summed E-state index contributed by atoms with van der Waals surface area (Å²) >= 11 is 3.34. The van der Waals surface area contributed by atoms with Crippen LogP contribution in [-0.2, 0) is 21.3 Å². The molecule has 2 rings (SSSR count). The van der Waals surface area contributed by atoms with Crippen LogP contribution in [0.4, 0.5) is 0 Å². The summed E-state index contributed by atoms with van der Waals surface area (Å²) in [6.45, 7) is 3.17. The van der Waals surface area contributed by atoms with Crippen molar-refractivity contribution in [3.05, 3.63) is 27.7 Å². The predicted molar refractivity (Wildman–Crippen MR) is 80.9 cm³/mol. The van der Waals surface area contributed by atoms with E-state index < -0.39 is 10.0 Å². The molecule has 3 N–H and O–H groups in total. The molecule has 0 bridgehead atoms. The molecule has 1 aromatic rings. The third kappa shape index (κ3) is 3.59. The lowest BCUT2D eigenvalue weighted by atomic mass is 10.1. The highest BCUT2D eigenvalue weighted by Crippen LogP contribution is 2.27. The average molecular weight is 363 g/mol. The molecule has 20 heavy (non-hydrogen) atoms. The molecule has 1 heterocycles. The highest BCUT2D eigenvalue weighted by molar-refractivity contribution is 9.10. The summed E-state index contributed by atoms with van der Waals surface area (Å²) in [6, 6.07) is 3.48. The van der Waals surface area contributed by atoms with E-state index in [1.165, 1.54) is 0 Å². The number of nitrogens with two attached hydrogens (primary N) is 1. The van der Waals surface area contributed by atoms with Crippen LogP contribution in [0.25, 0.3) is 0 Å². The molecule has 1 aliphatic heterocycles. The smallest absolute Gasteiger partial charge is 0.241 e. The quantitative estimate of drug-likeness (QED) is 0.834. The second-order valence-electron chi connectivity index (χ2n) is 4.92. The predicted octanol–water partition coefficient (Wildman–Crippen LogP) is 1.67. The Morgan fingerprint density at radius 1 is 1.50 bits per heavy atom. The van der Waals surface area contributed by atoms with Crippen molar-refractivity contribution in [2.45, 2.75) is 37.3 Å². The van der Waals surface area contributed by atoms with Crippen molar-refractivity contribution in [1.29, 1.82) is 0 Å². The number of benzene rings is 1. The maximum Gasteiger partial charge on any atom is 0.241 e. The lowest BCUT2D eigenvalue weighted by molar-refractivity contribution is 0.114. The van der Waals surface area contributed by atoms with Crippen molar-refractivity contribution in [3.8, 4) is 0 Å². The minimum absolute atomic E-state index is 0.0256. The standard InChI is InChI=1S/C13H19BrN2O3S/c1-9-5-10(7-15)6-12(13(9)14)20(17,18)16-8-11-3-2-4-19-11/h5-6,11,16H,2-4,7-8,15H2,1H3. The summed E-state index contributed by atoms with van der Waals surface area (Å²) in [5, 5.41) is 0. The number of halogens is 1. The molecule has 112 valence electrons. The Balaban J connectivity index is 2.21. The molecule has 1 aliphatic rings. The molecule has 1 fully saturated rings. The van der Waals surface area contributed by atoms with Gasteiger partial charge in [-0.1, -0.05) is 6.07 Å². The van der Waals surface area contributed by atoms with E-state index in [-0.39, 0.29) is 11.0 Å². The second kappa shape index (κ2) is 6.53. The molecular formula is C13H19BrN2O3S. The zero-order chi connectivity index (χ0) is 14.8. The molecule has 0 aliphatic carbocycles. The zero-order valence-corrected chi connectivity index (χ0v) is 13.8. The van der Waals surface area contributed by atoms with E-state index in [0.29, 0.717) is 24.2 Å². The minimum atomic E-state index is -3.57. The molecule has 1 atom stereocenters. The summed E-state index contributed by atoms with van der Waals surface area (Å²) in [5.74, 6) is 0. The van der Waals surface area contributed by atoms with Gasteiger partial charge in [-0.05, 0) is 52.9 Å². The SMILES string of the molecule is Cc1cc(CN)cc(S(=O)(=O)NCC2CCCO2)c1Br. The molecule has 0 amide bonds. The third-order valence-electron chi connectivity index (χ3n) is 3.33. The fraction of sp³-hybridized carbons (Fsp3) is 0.538. The van der Waals surface area contributed by atoms with Gasteiger partial charge in [0, 0.05) is 24.2 Å². The van der Waals surface area contributed by atoms with Crippen molar-refractivity contribution in [3.63, 3.8) is 0 Å². The number of rotatable bonds is 5. The fourth-order valence-corrected chi connectivity index (χ4v) is 4.34. The van der Waals surface area contributed by atoms with E-state index in [9.17, 15) is 8.42 Å². The van der Waals surface area contributed by atoms with Crippen LogP contribution in [0.5, 0.6) is 0 Å². The van der Waals surface area contributed by atoms with Crippen LogP contribution in [0.1, 0.15) is 24.0 Å². The van der Waals surface area contributed by atoms with Crippen LogP contribution >= 0.6 is 15.9 Å². The van der Waals surface area contributed by atoms with Gasteiger partial charge in [-0.3, -0.25) is 0 Å². The number of hydrogen-bond acceptors (Lipinski definition) is 4. The van der Waals surface area contributed by atoms with E-state index in [2.05, 4.69) is 20.7 Å². The van der Waals surface area contributed by atoms with Crippen LogP contribution < -0.4 is 10.5 Å². The Labute approximate surface area is 128 Å². The summed E-state index contributed by atoms with van der Waals surface area (Å²) in [6.07, 6.45) is 1.85. The first-order valence-corrected chi connectivity index (χ1v) is 8.82. The van der Waals surface area contributed by atoms with E-state index in [4.69, 9.17) is 10.5 Å². The van der Waals surface area contributed by atoms with Crippen molar-refractivity contribution in [2.24, 2.45) is 5.73 Å². The average Bonchev–Trinajstić information content (AvgIpc) is 2.92. The second-order valence-corrected chi connectivity index (χ2v) is 7.44. The lowest BCUT2D eigenvalue weighted by Gasteiger charge is -2.14. The maximum absolute atomic E-state index is 12.4. The molecule has 1 saturated heterocycles. The number of sulfonamides is 1.